The fraction of sp³-hybridized carbons (Fsp3) is 0.409. The number of rotatable bonds is 11. The predicted octanol–water partition coefficient (Wildman–Crippen LogP) is 5.70. The van der Waals surface area contributed by atoms with Crippen molar-refractivity contribution in [3.8, 4) is 11.5 Å². The molecular weight excluding hydrogens is 504 g/mol. The lowest BCUT2D eigenvalue weighted by Gasteiger charge is -2.21. The van der Waals surface area contributed by atoms with E-state index >= 15 is 0 Å². The van der Waals surface area contributed by atoms with Gasteiger partial charge in [-0.2, -0.15) is 26.3 Å². The Labute approximate surface area is 198 Å². The molecule has 0 aliphatic carbocycles. The number of sulfone groups is 1. The van der Waals surface area contributed by atoms with Gasteiger partial charge in [0, 0.05) is 12.0 Å². The fourth-order valence-electron chi connectivity index (χ4n) is 3.17. The van der Waals surface area contributed by atoms with Crippen molar-refractivity contribution in [1.82, 2.24) is 0 Å². The van der Waals surface area contributed by atoms with E-state index in [2.05, 4.69) is 5.16 Å². The van der Waals surface area contributed by atoms with Gasteiger partial charge in [-0.25, -0.2) is 8.42 Å². The second-order valence-corrected chi connectivity index (χ2v) is 9.58. The molecule has 194 valence electrons. The third-order valence-corrected chi connectivity index (χ3v) is 6.89. The van der Waals surface area contributed by atoms with Gasteiger partial charge in [0.05, 0.1) is 19.0 Å². The molecule has 0 spiro atoms. The van der Waals surface area contributed by atoms with Gasteiger partial charge < -0.3 is 14.7 Å². The summed E-state index contributed by atoms with van der Waals surface area (Å²) >= 11 is 0. The molecule has 1 N–H and O–H groups in total. The van der Waals surface area contributed by atoms with Crippen molar-refractivity contribution < 1.29 is 49.4 Å². The minimum absolute atomic E-state index is 0.0633. The Hall–Kier alpha value is -2.96. The zero-order valence-electron chi connectivity index (χ0n) is 18.4. The minimum atomic E-state index is -4.95. The van der Waals surface area contributed by atoms with Gasteiger partial charge in [-0.1, -0.05) is 24.2 Å². The zero-order valence-corrected chi connectivity index (χ0v) is 19.3. The molecule has 13 heteroatoms. The summed E-state index contributed by atoms with van der Waals surface area (Å²) in [5.41, 5.74) is -2.17. The summed E-state index contributed by atoms with van der Waals surface area (Å²) in [5, 5.41) is 8.22. The van der Waals surface area contributed by atoms with Gasteiger partial charge in [-0.05, 0) is 48.4 Å². The maximum atomic E-state index is 13.4. The number of ether oxygens (including phenoxy) is 2. The average Bonchev–Trinajstić information content (AvgIpc) is 2.74. The van der Waals surface area contributed by atoms with Crippen LogP contribution in [0.2, 0.25) is 0 Å². The number of alkyl halides is 6. The van der Waals surface area contributed by atoms with E-state index in [0.717, 1.165) is 24.3 Å². The molecule has 2 aromatic rings. The fourth-order valence-corrected chi connectivity index (χ4v) is 4.95. The molecule has 2 rings (SSSR count). The second-order valence-electron chi connectivity index (χ2n) is 7.38. The molecule has 0 heterocycles. The Bertz CT molecular complexity index is 1080. The van der Waals surface area contributed by atoms with Gasteiger partial charge in [0.25, 0.3) is 0 Å². The molecule has 0 radical (unpaired) electrons. The maximum Gasteiger partial charge on any atom is 0.437 e. The summed E-state index contributed by atoms with van der Waals surface area (Å²) in [7, 11) is -4.42. The number of halogens is 6. The van der Waals surface area contributed by atoms with Crippen LogP contribution in [0.5, 0.6) is 11.5 Å². The van der Waals surface area contributed by atoms with Crippen LogP contribution < -0.4 is 9.47 Å². The number of hydrogen-bond donors (Lipinski definition) is 1. The van der Waals surface area contributed by atoms with Crippen LogP contribution in [0, 0.1) is 0 Å². The highest BCUT2D eigenvalue weighted by atomic mass is 32.2. The van der Waals surface area contributed by atoms with E-state index in [0.29, 0.717) is 6.42 Å². The molecule has 2 aromatic carbocycles. The Morgan fingerprint density at radius 1 is 0.914 bits per heavy atom. The van der Waals surface area contributed by atoms with Gasteiger partial charge in [0.1, 0.15) is 11.5 Å². The minimum Gasteiger partial charge on any atom is -0.493 e. The van der Waals surface area contributed by atoms with Crippen LogP contribution in [0.1, 0.15) is 36.1 Å². The molecule has 0 saturated carbocycles. The lowest BCUT2D eigenvalue weighted by Crippen LogP contribution is -2.30. The third-order valence-electron chi connectivity index (χ3n) is 4.65. The standard InChI is InChI=1S/C22H23F6NO5S/c1-2-14-35(31,32)20(22(26,27)28)16-6-10-18(11-7-16)34-13-3-12-33-17-8-4-15(5-9-17)19(29-30)21(23,24)25/h4-11,20,30H,2-3,12-14H2,1H3. The summed E-state index contributed by atoms with van der Waals surface area (Å²) in [6.07, 6.45) is -9.37. The Balaban J connectivity index is 1.88. The van der Waals surface area contributed by atoms with Crippen molar-refractivity contribution in [2.45, 2.75) is 37.4 Å². The van der Waals surface area contributed by atoms with Crippen molar-refractivity contribution in [2.75, 3.05) is 19.0 Å². The normalized spacial score (nSPS) is 14.0. The van der Waals surface area contributed by atoms with E-state index in [4.69, 9.17) is 14.7 Å². The van der Waals surface area contributed by atoms with Gasteiger partial charge in [0.15, 0.2) is 20.8 Å². The van der Waals surface area contributed by atoms with Gasteiger partial charge in [-0.3, -0.25) is 0 Å². The average molecular weight is 527 g/mol. The van der Waals surface area contributed by atoms with Crippen LogP contribution in [-0.2, 0) is 9.84 Å². The zero-order chi connectivity index (χ0) is 26.3. The highest BCUT2D eigenvalue weighted by Crippen LogP contribution is 2.40. The summed E-state index contributed by atoms with van der Waals surface area (Å²) < 4.78 is 113. The van der Waals surface area contributed by atoms with Gasteiger partial charge in [0.2, 0.25) is 0 Å². The second kappa shape index (κ2) is 11.6. The number of oxime groups is 1. The number of nitrogens with zero attached hydrogens (tertiary/aromatic N) is 1. The molecule has 1 atom stereocenters. The van der Waals surface area contributed by atoms with Crippen molar-refractivity contribution >= 4 is 15.5 Å². The predicted molar refractivity (Wildman–Crippen MR) is 116 cm³/mol. The molecule has 0 saturated heterocycles. The first-order chi connectivity index (χ1) is 16.3. The third kappa shape index (κ3) is 8.05. The number of benzene rings is 2. The lowest BCUT2D eigenvalue weighted by molar-refractivity contribution is -0.131. The first kappa shape index (κ1) is 28.3. The van der Waals surface area contributed by atoms with E-state index in [-0.39, 0.29) is 36.7 Å². The maximum absolute atomic E-state index is 13.4. The topological polar surface area (TPSA) is 85.2 Å². The SMILES string of the molecule is CCCS(=O)(=O)C(c1ccc(OCCCOc2ccc(C(=NO)C(F)(F)F)cc2)cc1)C(F)(F)F. The summed E-state index contributed by atoms with van der Waals surface area (Å²) in [5.74, 6) is -0.0876. The van der Waals surface area contributed by atoms with E-state index in [1.165, 1.54) is 31.2 Å². The Morgan fingerprint density at radius 2 is 1.40 bits per heavy atom. The van der Waals surface area contributed by atoms with E-state index in [1.54, 1.807) is 0 Å². The quantitative estimate of drug-likeness (QED) is 0.133. The first-order valence-corrected chi connectivity index (χ1v) is 12.0. The molecule has 0 aliphatic heterocycles. The van der Waals surface area contributed by atoms with Crippen molar-refractivity contribution in [1.29, 1.82) is 0 Å². The van der Waals surface area contributed by atoms with Crippen LogP contribution >= 0.6 is 0 Å². The van der Waals surface area contributed by atoms with Crippen LogP contribution in [-0.4, -0.2) is 50.7 Å². The van der Waals surface area contributed by atoms with Crippen molar-refractivity contribution in [2.24, 2.45) is 5.16 Å². The van der Waals surface area contributed by atoms with Gasteiger partial charge >= 0.3 is 12.4 Å². The summed E-state index contributed by atoms with van der Waals surface area (Å²) in [4.78, 5) is 0. The largest absolute Gasteiger partial charge is 0.493 e. The molecule has 1 unspecified atom stereocenters. The smallest absolute Gasteiger partial charge is 0.437 e. The molecule has 0 aromatic heterocycles. The highest BCUT2D eigenvalue weighted by Gasteiger charge is 2.49. The monoisotopic (exact) mass is 527 g/mol. The summed E-state index contributed by atoms with van der Waals surface area (Å²) in [6, 6.07) is 9.33. The van der Waals surface area contributed by atoms with E-state index in [9.17, 15) is 34.8 Å². The first-order valence-electron chi connectivity index (χ1n) is 10.3. The van der Waals surface area contributed by atoms with Crippen molar-refractivity contribution in [3.63, 3.8) is 0 Å². The lowest BCUT2D eigenvalue weighted by atomic mass is 10.1. The van der Waals surface area contributed by atoms with Crippen LogP contribution in [0.4, 0.5) is 26.3 Å². The molecule has 0 fully saturated rings. The summed E-state index contributed by atoms with van der Waals surface area (Å²) in [6.45, 7) is 1.73. The number of hydrogen-bond acceptors (Lipinski definition) is 6. The Morgan fingerprint density at radius 3 is 1.80 bits per heavy atom. The van der Waals surface area contributed by atoms with E-state index in [1.807, 2.05) is 0 Å². The molecule has 6 nitrogen and oxygen atoms in total. The molecule has 35 heavy (non-hydrogen) atoms. The van der Waals surface area contributed by atoms with Gasteiger partial charge in [-0.15, -0.1) is 0 Å². The molecule has 0 amide bonds. The molecule has 0 aliphatic rings. The van der Waals surface area contributed by atoms with Crippen LogP contribution in [0.3, 0.4) is 0 Å². The highest BCUT2D eigenvalue weighted by molar-refractivity contribution is 7.91. The van der Waals surface area contributed by atoms with Crippen molar-refractivity contribution in [3.05, 3.63) is 59.7 Å². The van der Waals surface area contributed by atoms with Crippen LogP contribution in [0.15, 0.2) is 53.7 Å². The van der Waals surface area contributed by atoms with Crippen LogP contribution in [0.25, 0.3) is 0 Å². The Kier molecular flexibility index (Phi) is 9.41. The van der Waals surface area contributed by atoms with E-state index < -0.39 is 44.5 Å². The molecule has 0 bridgehead atoms. The molecular formula is C22H23F6NO5S.